The Labute approximate surface area is 129 Å². The van der Waals surface area contributed by atoms with E-state index in [1.807, 2.05) is 18.2 Å². The van der Waals surface area contributed by atoms with E-state index in [0.29, 0.717) is 11.9 Å². The van der Waals surface area contributed by atoms with Gasteiger partial charge < -0.3 is 4.57 Å². The lowest BCUT2D eigenvalue weighted by atomic mass is 10.2. The van der Waals surface area contributed by atoms with Gasteiger partial charge in [-0.05, 0) is 38.9 Å². The highest BCUT2D eigenvalue weighted by molar-refractivity contribution is 6.35. The van der Waals surface area contributed by atoms with Crippen molar-refractivity contribution >= 4 is 34.2 Å². The Morgan fingerprint density at radius 2 is 2.20 bits per heavy atom. The zero-order valence-electron chi connectivity index (χ0n) is 11.8. The van der Waals surface area contributed by atoms with Gasteiger partial charge >= 0.3 is 0 Å². The van der Waals surface area contributed by atoms with E-state index in [9.17, 15) is 0 Å². The zero-order valence-corrected chi connectivity index (χ0v) is 13.3. The van der Waals surface area contributed by atoms with Crippen molar-refractivity contribution in [1.29, 1.82) is 0 Å². The molecule has 3 rings (SSSR count). The van der Waals surface area contributed by atoms with Crippen LogP contribution in [0.3, 0.4) is 0 Å². The van der Waals surface area contributed by atoms with E-state index in [1.54, 1.807) is 0 Å². The third-order valence-electron chi connectivity index (χ3n) is 4.18. The number of rotatable bonds is 5. The van der Waals surface area contributed by atoms with Crippen molar-refractivity contribution in [2.75, 3.05) is 7.05 Å². The molecule has 0 spiro atoms. The van der Waals surface area contributed by atoms with E-state index in [-0.39, 0.29) is 0 Å². The average Bonchev–Trinajstić information content (AvgIpc) is 3.21. The van der Waals surface area contributed by atoms with Gasteiger partial charge in [0.05, 0.1) is 21.9 Å². The van der Waals surface area contributed by atoms with E-state index < -0.39 is 0 Å². The Morgan fingerprint density at radius 1 is 1.45 bits per heavy atom. The van der Waals surface area contributed by atoms with E-state index >= 15 is 0 Å². The lowest BCUT2D eigenvalue weighted by Gasteiger charge is -2.25. The summed E-state index contributed by atoms with van der Waals surface area (Å²) in [6.45, 7) is 3.12. The number of imidazole rings is 1. The van der Waals surface area contributed by atoms with Gasteiger partial charge in [0, 0.05) is 18.6 Å². The molecule has 0 aliphatic heterocycles. The normalized spacial score (nSPS) is 17.1. The number of halogens is 2. The minimum Gasteiger partial charge on any atom is -0.324 e. The van der Waals surface area contributed by atoms with Crippen LogP contribution in [0.25, 0.3) is 11.0 Å². The van der Waals surface area contributed by atoms with Crippen LogP contribution >= 0.6 is 23.2 Å². The van der Waals surface area contributed by atoms with Gasteiger partial charge in [0.25, 0.3) is 0 Å². The quantitative estimate of drug-likeness (QED) is 0.781. The fraction of sp³-hybridized carbons (Fsp3) is 0.533. The Hall–Kier alpha value is -0.770. The van der Waals surface area contributed by atoms with Gasteiger partial charge in [-0.25, -0.2) is 4.98 Å². The van der Waals surface area contributed by atoms with Gasteiger partial charge in [-0.2, -0.15) is 0 Å². The molecule has 5 heteroatoms. The van der Waals surface area contributed by atoms with Crippen molar-refractivity contribution < 1.29 is 0 Å². The first-order valence-corrected chi connectivity index (χ1v) is 7.94. The summed E-state index contributed by atoms with van der Waals surface area (Å²) in [5.41, 5.74) is 1.93. The van der Waals surface area contributed by atoms with Gasteiger partial charge in [-0.3, -0.25) is 4.90 Å². The first-order chi connectivity index (χ1) is 9.61. The number of fused-ring (bicyclic) bond motifs is 1. The number of para-hydroxylation sites is 1. The molecule has 1 saturated carbocycles. The highest BCUT2D eigenvalue weighted by Gasteiger charge is 2.29. The van der Waals surface area contributed by atoms with Crippen LogP contribution in [-0.4, -0.2) is 33.6 Å². The van der Waals surface area contributed by atoms with Gasteiger partial charge in [0.15, 0.2) is 0 Å². The zero-order chi connectivity index (χ0) is 14.3. The number of benzene rings is 1. The van der Waals surface area contributed by atoms with Crippen LogP contribution in [0.1, 0.15) is 25.6 Å². The second-order valence-electron chi connectivity index (χ2n) is 5.63. The van der Waals surface area contributed by atoms with E-state index in [2.05, 4.69) is 28.4 Å². The summed E-state index contributed by atoms with van der Waals surface area (Å²) in [6, 6.07) is 7.02. The number of alkyl halides is 1. The molecule has 1 aliphatic rings. The summed E-state index contributed by atoms with van der Waals surface area (Å²) in [5.74, 6) is 1.30. The molecule has 1 aliphatic carbocycles. The third kappa shape index (κ3) is 2.54. The number of hydrogen-bond acceptors (Lipinski definition) is 2. The molecule has 0 bridgehead atoms. The minimum atomic E-state index is 0.408. The predicted molar refractivity (Wildman–Crippen MR) is 84.5 cm³/mol. The molecule has 2 aromatic rings. The van der Waals surface area contributed by atoms with Crippen molar-refractivity contribution in [3.63, 3.8) is 0 Å². The van der Waals surface area contributed by atoms with Gasteiger partial charge in [-0.15, -0.1) is 11.6 Å². The van der Waals surface area contributed by atoms with Gasteiger partial charge in [0.1, 0.15) is 5.82 Å². The van der Waals surface area contributed by atoms with E-state index in [4.69, 9.17) is 23.2 Å². The average molecular weight is 312 g/mol. The molecule has 0 N–H and O–H groups in total. The van der Waals surface area contributed by atoms with Crippen LogP contribution in [0.2, 0.25) is 5.02 Å². The molecule has 1 fully saturated rings. The first-order valence-electron chi connectivity index (χ1n) is 7.03. The molecule has 1 aromatic heterocycles. The molecule has 1 atom stereocenters. The van der Waals surface area contributed by atoms with Crippen LogP contribution in [0, 0.1) is 0 Å². The summed E-state index contributed by atoms with van der Waals surface area (Å²) < 4.78 is 2.17. The highest BCUT2D eigenvalue weighted by Crippen LogP contribution is 2.29. The monoisotopic (exact) mass is 311 g/mol. The largest absolute Gasteiger partial charge is 0.324 e. The van der Waals surface area contributed by atoms with Gasteiger partial charge in [0.2, 0.25) is 0 Å². The fourth-order valence-corrected chi connectivity index (χ4v) is 3.20. The molecule has 108 valence electrons. The van der Waals surface area contributed by atoms with Crippen molar-refractivity contribution in [2.24, 2.45) is 0 Å². The van der Waals surface area contributed by atoms with Crippen molar-refractivity contribution in [2.45, 2.75) is 44.3 Å². The van der Waals surface area contributed by atoms with Crippen LogP contribution < -0.4 is 0 Å². The van der Waals surface area contributed by atoms with E-state index in [0.717, 1.165) is 34.5 Å². The second-order valence-corrected chi connectivity index (χ2v) is 6.30. The molecule has 1 unspecified atom stereocenters. The first kappa shape index (κ1) is 14.2. The minimum absolute atomic E-state index is 0.408. The molecule has 0 amide bonds. The Bertz CT molecular complexity index is 619. The van der Waals surface area contributed by atoms with Gasteiger partial charge in [-0.1, -0.05) is 17.7 Å². The van der Waals surface area contributed by atoms with Crippen molar-refractivity contribution in [1.82, 2.24) is 14.5 Å². The molecule has 3 nitrogen and oxygen atoms in total. The molecular weight excluding hydrogens is 293 g/mol. The second kappa shape index (κ2) is 5.55. The Balaban J connectivity index is 1.96. The van der Waals surface area contributed by atoms with Crippen LogP contribution in [-0.2, 0) is 12.4 Å². The third-order valence-corrected chi connectivity index (χ3v) is 4.72. The lowest BCUT2D eigenvalue weighted by molar-refractivity contribution is 0.226. The van der Waals surface area contributed by atoms with Crippen molar-refractivity contribution in [3.05, 3.63) is 29.0 Å². The highest BCUT2D eigenvalue weighted by atomic mass is 35.5. The Kier molecular flexibility index (Phi) is 3.93. The maximum Gasteiger partial charge on any atom is 0.124 e. The molecule has 1 heterocycles. The molecule has 0 saturated heterocycles. The number of aromatic nitrogens is 2. The summed E-state index contributed by atoms with van der Waals surface area (Å²) in [5, 5.41) is 0.743. The van der Waals surface area contributed by atoms with Crippen molar-refractivity contribution in [3.8, 4) is 0 Å². The topological polar surface area (TPSA) is 21.1 Å². The van der Waals surface area contributed by atoms with Crippen LogP contribution in [0.15, 0.2) is 18.2 Å². The predicted octanol–water partition coefficient (Wildman–Crippen LogP) is 3.91. The van der Waals surface area contributed by atoms with Crippen LogP contribution in [0.4, 0.5) is 0 Å². The standard InChI is InChI=1S/C15H19Cl2N3/c1-10(19(2)11-6-7-11)9-20-14(8-16)18-13-5-3-4-12(17)15(13)20/h3-5,10-11H,6-9H2,1-2H3. The maximum atomic E-state index is 6.35. The summed E-state index contributed by atoms with van der Waals surface area (Å²) in [7, 11) is 2.20. The summed E-state index contributed by atoms with van der Waals surface area (Å²) in [6.07, 6.45) is 2.63. The van der Waals surface area contributed by atoms with Crippen LogP contribution in [0.5, 0.6) is 0 Å². The molecular formula is C15H19Cl2N3. The Morgan fingerprint density at radius 3 is 2.85 bits per heavy atom. The summed E-state index contributed by atoms with van der Waals surface area (Å²) in [4.78, 5) is 7.04. The fourth-order valence-electron chi connectivity index (χ4n) is 2.72. The smallest absolute Gasteiger partial charge is 0.124 e. The van der Waals surface area contributed by atoms with E-state index in [1.165, 1.54) is 12.8 Å². The maximum absolute atomic E-state index is 6.35. The number of nitrogens with zero attached hydrogens (tertiary/aromatic N) is 3. The molecule has 20 heavy (non-hydrogen) atoms. The molecule has 1 aromatic carbocycles. The number of hydrogen-bond donors (Lipinski definition) is 0. The number of likely N-dealkylation sites (N-methyl/N-ethyl adjacent to an activating group) is 1. The molecule has 0 radical (unpaired) electrons. The SMILES string of the molecule is CC(Cn1c(CCl)nc2cccc(Cl)c21)N(C)C1CC1. The lowest BCUT2D eigenvalue weighted by Crippen LogP contribution is -2.34. The summed E-state index contributed by atoms with van der Waals surface area (Å²) >= 11 is 12.4.